The molecule has 0 aliphatic rings. The van der Waals surface area contributed by atoms with Gasteiger partial charge in [0.25, 0.3) is 0 Å². The molecule has 0 spiro atoms. The summed E-state index contributed by atoms with van der Waals surface area (Å²) in [5, 5.41) is 38.3. The number of nitriles is 4. The number of benzene rings is 3. The molecule has 0 atom stereocenters. The third-order valence-electron chi connectivity index (χ3n) is 7.20. The summed E-state index contributed by atoms with van der Waals surface area (Å²) in [6, 6.07) is 22.8. The van der Waals surface area contributed by atoms with Crippen molar-refractivity contribution in [3.8, 4) is 35.8 Å². The SMILES string of the molecule is CCCCCCOc1cc(/C=C/c2cccc(C#N)c2C#N)c(OCCCCCC)cc1/C=C/c1cccc(C#N)c1C#N. The zero-order valence-electron chi connectivity index (χ0n) is 25.6. The summed E-state index contributed by atoms with van der Waals surface area (Å²) in [7, 11) is 0. The quantitative estimate of drug-likeness (QED) is 0.123. The smallest absolute Gasteiger partial charge is 0.127 e. The van der Waals surface area contributed by atoms with E-state index in [9.17, 15) is 21.0 Å². The first kappa shape index (κ1) is 33.2. The summed E-state index contributed by atoms with van der Waals surface area (Å²) < 4.78 is 12.6. The minimum atomic E-state index is 0.327. The van der Waals surface area contributed by atoms with Gasteiger partial charge in [0, 0.05) is 11.1 Å². The molecule has 3 aromatic carbocycles. The molecule has 0 saturated carbocycles. The van der Waals surface area contributed by atoms with Gasteiger partial charge >= 0.3 is 0 Å². The average Bonchev–Trinajstić information content (AvgIpc) is 3.06. The van der Waals surface area contributed by atoms with Crippen LogP contribution in [-0.2, 0) is 0 Å². The first-order valence-corrected chi connectivity index (χ1v) is 15.3. The number of rotatable bonds is 16. The van der Waals surface area contributed by atoms with Gasteiger partial charge in [0.1, 0.15) is 35.8 Å². The number of unbranched alkanes of at least 4 members (excludes halogenated alkanes) is 6. The van der Waals surface area contributed by atoms with Crippen LogP contribution in [0.3, 0.4) is 0 Å². The van der Waals surface area contributed by atoms with E-state index < -0.39 is 0 Å². The topological polar surface area (TPSA) is 114 Å². The van der Waals surface area contributed by atoms with Gasteiger partial charge in [0.05, 0.1) is 35.5 Å². The van der Waals surface area contributed by atoms with E-state index in [4.69, 9.17) is 9.47 Å². The molecule has 0 unspecified atom stereocenters. The van der Waals surface area contributed by atoms with Gasteiger partial charge in [-0.05, 0) is 48.2 Å². The molecule has 6 heteroatoms. The van der Waals surface area contributed by atoms with Gasteiger partial charge in [-0.3, -0.25) is 0 Å². The maximum atomic E-state index is 9.71. The Labute approximate surface area is 261 Å². The summed E-state index contributed by atoms with van der Waals surface area (Å²) in [6.07, 6.45) is 16.0. The second kappa shape index (κ2) is 18.3. The molecule has 0 aromatic heterocycles. The van der Waals surface area contributed by atoms with E-state index in [1.165, 1.54) is 0 Å². The highest BCUT2D eigenvalue weighted by molar-refractivity contribution is 5.81. The van der Waals surface area contributed by atoms with E-state index >= 15 is 0 Å². The van der Waals surface area contributed by atoms with Crippen LogP contribution in [0.2, 0.25) is 0 Å². The molecular formula is C38H38N4O2. The van der Waals surface area contributed by atoms with Crippen molar-refractivity contribution < 1.29 is 9.47 Å². The fraction of sp³-hybridized carbons (Fsp3) is 0.316. The van der Waals surface area contributed by atoms with Crippen LogP contribution in [0.1, 0.15) is 110 Å². The molecule has 0 heterocycles. The minimum Gasteiger partial charge on any atom is -0.493 e. The summed E-state index contributed by atoms with van der Waals surface area (Å²) in [5.41, 5.74) is 4.18. The number of hydrogen-bond donors (Lipinski definition) is 0. The lowest BCUT2D eigenvalue weighted by molar-refractivity contribution is 0.296. The molecule has 0 bridgehead atoms. The van der Waals surface area contributed by atoms with Gasteiger partial charge in [0.2, 0.25) is 0 Å². The molecular weight excluding hydrogens is 544 g/mol. The van der Waals surface area contributed by atoms with Crippen molar-refractivity contribution in [2.75, 3.05) is 13.2 Å². The zero-order chi connectivity index (χ0) is 31.6. The predicted octanol–water partition coefficient (Wildman–Crippen LogP) is 9.43. The van der Waals surface area contributed by atoms with Crippen LogP contribution in [0.25, 0.3) is 24.3 Å². The highest BCUT2D eigenvalue weighted by Gasteiger charge is 2.12. The third kappa shape index (κ3) is 9.36. The molecule has 44 heavy (non-hydrogen) atoms. The van der Waals surface area contributed by atoms with Crippen LogP contribution in [0.15, 0.2) is 48.5 Å². The maximum absolute atomic E-state index is 9.71. The van der Waals surface area contributed by atoms with Crippen molar-refractivity contribution in [1.29, 1.82) is 21.0 Å². The van der Waals surface area contributed by atoms with E-state index in [1.54, 1.807) is 24.3 Å². The number of hydrogen-bond acceptors (Lipinski definition) is 6. The van der Waals surface area contributed by atoms with Gasteiger partial charge < -0.3 is 9.47 Å². The molecule has 0 fully saturated rings. The Balaban J connectivity index is 2.08. The molecule has 0 saturated heterocycles. The van der Waals surface area contributed by atoms with Crippen LogP contribution in [-0.4, -0.2) is 13.2 Å². The van der Waals surface area contributed by atoms with Gasteiger partial charge in [0.15, 0.2) is 0 Å². The van der Waals surface area contributed by atoms with Crippen molar-refractivity contribution in [2.45, 2.75) is 65.2 Å². The lowest BCUT2D eigenvalue weighted by Crippen LogP contribution is -2.03. The highest BCUT2D eigenvalue weighted by Crippen LogP contribution is 2.33. The summed E-state index contributed by atoms with van der Waals surface area (Å²) >= 11 is 0. The first-order valence-electron chi connectivity index (χ1n) is 15.3. The van der Waals surface area contributed by atoms with Crippen molar-refractivity contribution in [3.05, 3.63) is 93.0 Å². The Morgan fingerprint density at radius 3 is 1.30 bits per heavy atom. The third-order valence-corrected chi connectivity index (χ3v) is 7.20. The van der Waals surface area contributed by atoms with E-state index in [-0.39, 0.29) is 0 Å². The summed E-state index contributed by atoms with van der Waals surface area (Å²) in [5.74, 6) is 1.33. The van der Waals surface area contributed by atoms with Crippen molar-refractivity contribution in [1.82, 2.24) is 0 Å². The van der Waals surface area contributed by atoms with Gasteiger partial charge in [-0.2, -0.15) is 21.0 Å². The Kier molecular flexibility index (Phi) is 13.8. The van der Waals surface area contributed by atoms with Crippen molar-refractivity contribution >= 4 is 24.3 Å². The molecule has 0 aliphatic carbocycles. The molecule has 3 aromatic rings. The van der Waals surface area contributed by atoms with E-state index in [2.05, 4.69) is 38.1 Å². The van der Waals surface area contributed by atoms with Crippen LogP contribution in [0.4, 0.5) is 0 Å². The summed E-state index contributed by atoms with van der Waals surface area (Å²) in [6.45, 7) is 5.45. The second-order valence-corrected chi connectivity index (χ2v) is 10.4. The standard InChI is InChI=1S/C38H38N4O2/c1-3-5-7-9-21-43-37-23-32(20-18-30-14-12-16-34(26-40)36(30)28-42)38(44-22-10-8-6-4-2)24-31(37)19-17-29-13-11-15-33(25-39)35(29)27-41/h11-20,23-24H,3-10,21-22H2,1-2H3/b19-17+,20-18+. The minimum absolute atomic E-state index is 0.327. The Bertz CT molecular complexity index is 1520. The highest BCUT2D eigenvalue weighted by atomic mass is 16.5. The molecule has 3 rings (SSSR count). The molecule has 0 N–H and O–H groups in total. The van der Waals surface area contributed by atoms with E-state index in [0.29, 0.717) is 58.1 Å². The molecule has 0 amide bonds. The Morgan fingerprint density at radius 1 is 0.523 bits per heavy atom. The second-order valence-electron chi connectivity index (χ2n) is 10.4. The van der Waals surface area contributed by atoms with E-state index in [1.807, 2.05) is 48.6 Å². The number of ether oxygens (including phenoxy) is 2. The largest absolute Gasteiger partial charge is 0.493 e. The monoisotopic (exact) mass is 582 g/mol. The zero-order valence-corrected chi connectivity index (χ0v) is 25.6. The Hall–Kier alpha value is -5.30. The average molecular weight is 583 g/mol. The van der Waals surface area contributed by atoms with E-state index in [0.717, 1.165) is 62.5 Å². The summed E-state index contributed by atoms with van der Waals surface area (Å²) in [4.78, 5) is 0. The lowest BCUT2D eigenvalue weighted by Gasteiger charge is -2.16. The Morgan fingerprint density at radius 2 is 0.932 bits per heavy atom. The molecule has 0 aliphatic heterocycles. The maximum Gasteiger partial charge on any atom is 0.127 e. The predicted molar refractivity (Wildman–Crippen MR) is 175 cm³/mol. The van der Waals surface area contributed by atoms with Crippen molar-refractivity contribution in [2.24, 2.45) is 0 Å². The van der Waals surface area contributed by atoms with Crippen LogP contribution in [0, 0.1) is 45.3 Å². The van der Waals surface area contributed by atoms with Gasteiger partial charge in [-0.25, -0.2) is 0 Å². The van der Waals surface area contributed by atoms with Crippen LogP contribution < -0.4 is 9.47 Å². The van der Waals surface area contributed by atoms with Crippen LogP contribution >= 0.6 is 0 Å². The molecule has 0 radical (unpaired) electrons. The fourth-order valence-corrected chi connectivity index (χ4v) is 4.74. The normalized spacial score (nSPS) is 10.7. The van der Waals surface area contributed by atoms with Crippen molar-refractivity contribution in [3.63, 3.8) is 0 Å². The number of nitrogens with zero attached hydrogens (tertiary/aromatic N) is 4. The van der Waals surface area contributed by atoms with Gasteiger partial charge in [-0.15, -0.1) is 0 Å². The molecule has 6 nitrogen and oxygen atoms in total. The van der Waals surface area contributed by atoms with Gasteiger partial charge in [-0.1, -0.05) is 101 Å². The molecule has 222 valence electrons. The fourth-order valence-electron chi connectivity index (χ4n) is 4.74. The van der Waals surface area contributed by atoms with Crippen LogP contribution in [0.5, 0.6) is 11.5 Å². The lowest BCUT2D eigenvalue weighted by atomic mass is 10.00. The first-order chi connectivity index (χ1) is 21.6.